The maximum Gasteiger partial charge on any atom is 0.234 e. The maximum atomic E-state index is 11.9. The molecule has 2 N–H and O–H groups in total. The summed E-state index contributed by atoms with van der Waals surface area (Å²) in [5, 5.41) is 10.7. The minimum absolute atomic E-state index is 0.0109. The summed E-state index contributed by atoms with van der Waals surface area (Å²) >= 11 is 5.93. The van der Waals surface area contributed by atoms with Crippen molar-refractivity contribution in [3.63, 3.8) is 0 Å². The number of aromatic amines is 1. The fourth-order valence-corrected chi connectivity index (χ4v) is 2.44. The molecule has 118 valence electrons. The number of nitrogens with zero attached hydrogens (tertiary/aromatic N) is 2. The fraction of sp³-hybridized carbons (Fsp3) is 0.375. The molecule has 0 radical (unpaired) electrons. The van der Waals surface area contributed by atoms with E-state index in [1.807, 2.05) is 49.2 Å². The molecule has 0 unspecified atom stereocenters. The second kappa shape index (κ2) is 7.96. The highest BCUT2D eigenvalue weighted by molar-refractivity contribution is 6.30. The van der Waals surface area contributed by atoms with E-state index >= 15 is 0 Å². The molecule has 0 aliphatic rings. The van der Waals surface area contributed by atoms with E-state index in [0.29, 0.717) is 19.6 Å². The Kier molecular flexibility index (Phi) is 5.98. The van der Waals surface area contributed by atoms with Gasteiger partial charge in [-0.3, -0.25) is 14.8 Å². The first-order chi connectivity index (χ1) is 10.5. The number of carbonyl (C=O) groups is 1. The molecular formula is C16H21ClN4O. The second-order valence-corrected chi connectivity index (χ2v) is 5.88. The molecule has 22 heavy (non-hydrogen) atoms. The van der Waals surface area contributed by atoms with E-state index in [9.17, 15) is 4.79 Å². The molecule has 1 aromatic carbocycles. The van der Waals surface area contributed by atoms with Crippen molar-refractivity contribution in [3.05, 3.63) is 52.3 Å². The second-order valence-electron chi connectivity index (χ2n) is 5.44. The van der Waals surface area contributed by atoms with E-state index in [2.05, 4.69) is 15.5 Å². The number of aryl methyl sites for hydroxylation is 1. The number of carbonyl (C=O) groups excluding carboxylic acids is 1. The number of rotatable bonds is 7. The molecule has 0 saturated carbocycles. The van der Waals surface area contributed by atoms with Crippen molar-refractivity contribution in [2.24, 2.45) is 0 Å². The smallest absolute Gasteiger partial charge is 0.234 e. The average Bonchev–Trinajstić information content (AvgIpc) is 2.83. The van der Waals surface area contributed by atoms with Crippen LogP contribution in [-0.4, -0.2) is 41.1 Å². The highest BCUT2D eigenvalue weighted by atomic mass is 35.5. The zero-order chi connectivity index (χ0) is 15.9. The van der Waals surface area contributed by atoms with Crippen molar-refractivity contribution in [2.45, 2.75) is 19.9 Å². The van der Waals surface area contributed by atoms with Crippen LogP contribution in [-0.2, 0) is 17.8 Å². The number of likely N-dealkylation sites (N-methyl/N-ethyl adjacent to an activating group) is 1. The van der Waals surface area contributed by atoms with E-state index in [1.54, 1.807) is 0 Å². The Bertz CT molecular complexity index is 626. The van der Waals surface area contributed by atoms with Crippen molar-refractivity contribution >= 4 is 17.5 Å². The van der Waals surface area contributed by atoms with E-state index < -0.39 is 0 Å². The molecule has 0 aliphatic heterocycles. The third kappa shape index (κ3) is 5.50. The van der Waals surface area contributed by atoms with Crippen molar-refractivity contribution < 1.29 is 4.79 Å². The van der Waals surface area contributed by atoms with Crippen LogP contribution in [0.3, 0.4) is 0 Å². The van der Waals surface area contributed by atoms with Gasteiger partial charge >= 0.3 is 0 Å². The van der Waals surface area contributed by atoms with Gasteiger partial charge in [0.05, 0.1) is 12.2 Å². The third-order valence-electron chi connectivity index (χ3n) is 3.23. The zero-order valence-electron chi connectivity index (χ0n) is 12.9. The van der Waals surface area contributed by atoms with E-state index in [-0.39, 0.29) is 5.91 Å². The number of aromatic nitrogens is 2. The summed E-state index contributed by atoms with van der Waals surface area (Å²) in [7, 11) is 1.90. The molecule has 0 fully saturated rings. The monoisotopic (exact) mass is 320 g/mol. The minimum Gasteiger partial charge on any atom is -0.355 e. The quantitative estimate of drug-likeness (QED) is 0.822. The summed E-state index contributed by atoms with van der Waals surface area (Å²) in [5.41, 5.74) is 3.08. The van der Waals surface area contributed by atoms with Crippen LogP contribution in [0.4, 0.5) is 0 Å². The number of halogens is 1. The van der Waals surface area contributed by atoms with Gasteiger partial charge in [0.2, 0.25) is 5.91 Å². The van der Waals surface area contributed by atoms with Crippen molar-refractivity contribution in [1.29, 1.82) is 0 Å². The molecule has 0 atom stereocenters. The predicted molar refractivity (Wildman–Crippen MR) is 87.8 cm³/mol. The Balaban J connectivity index is 1.69. The van der Waals surface area contributed by atoms with Crippen LogP contribution >= 0.6 is 11.6 Å². The first-order valence-corrected chi connectivity index (χ1v) is 7.61. The first-order valence-electron chi connectivity index (χ1n) is 7.23. The van der Waals surface area contributed by atoms with Crippen molar-refractivity contribution in [3.8, 4) is 0 Å². The molecule has 0 bridgehead atoms. The molecule has 0 aliphatic carbocycles. The highest BCUT2D eigenvalue weighted by Gasteiger charge is 2.08. The molecule has 0 spiro atoms. The van der Waals surface area contributed by atoms with Gasteiger partial charge in [-0.1, -0.05) is 23.7 Å². The molecule has 6 heteroatoms. The summed E-state index contributed by atoms with van der Waals surface area (Å²) < 4.78 is 0. The van der Waals surface area contributed by atoms with Gasteiger partial charge in [-0.2, -0.15) is 5.10 Å². The average molecular weight is 321 g/mol. The van der Waals surface area contributed by atoms with Gasteiger partial charge in [-0.25, -0.2) is 0 Å². The van der Waals surface area contributed by atoms with E-state index in [1.165, 1.54) is 0 Å². The number of benzene rings is 1. The van der Waals surface area contributed by atoms with Gasteiger partial charge in [-0.05, 0) is 44.2 Å². The molecule has 0 saturated heterocycles. The molecule has 1 aromatic heterocycles. The van der Waals surface area contributed by atoms with E-state index in [4.69, 9.17) is 11.6 Å². The largest absolute Gasteiger partial charge is 0.355 e. The number of nitrogens with one attached hydrogen (secondary N) is 2. The standard InChI is InChI=1S/C16H21ClN4O/c1-12-8-15(20-19-12)10-21(2)11-16(22)18-7-6-13-4-3-5-14(17)9-13/h3-5,8-9H,6-7,10-11H2,1-2H3,(H,18,22)(H,19,20). The van der Waals surface area contributed by atoms with Crippen LogP contribution < -0.4 is 5.32 Å². The molecule has 5 nitrogen and oxygen atoms in total. The Morgan fingerprint density at radius 3 is 2.91 bits per heavy atom. The summed E-state index contributed by atoms with van der Waals surface area (Å²) in [6.07, 6.45) is 0.772. The maximum absolute atomic E-state index is 11.9. The molecule has 2 rings (SSSR count). The van der Waals surface area contributed by atoms with Crippen LogP contribution in [0.5, 0.6) is 0 Å². The lowest BCUT2D eigenvalue weighted by atomic mass is 10.1. The summed E-state index contributed by atoms with van der Waals surface area (Å²) in [6, 6.07) is 9.66. The van der Waals surface area contributed by atoms with Gasteiger partial charge in [0, 0.05) is 23.8 Å². The summed E-state index contributed by atoms with van der Waals surface area (Å²) in [5.74, 6) is 0.0109. The summed E-state index contributed by atoms with van der Waals surface area (Å²) in [6.45, 7) is 3.56. The topological polar surface area (TPSA) is 61.0 Å². The number of hydrogen-bond donors (Lipinski definition) is 2. The predicted octanol–water partition coefficient (Wildman–Crippen LogP) is 2.16. The Morgan fingerprint density at radius 1 is 1.41 bits per heavy atom. The van der Waals surface area contributed by atoms with Crippen LogP contribution in [0.2, 0.25) is 5.02 Å². The third-order valence-corrected chi connectivity index (χ3v) is 3.46. The van der Waals surface area contributed by atoms with Gasteiger partial charge in [0.15, 0.2) is 0 Å². The molecule has 1 amide bonds. The lowest BCUT2D eigenvalue weighted by Gasteiger charge is -2.14. The van der Waals surface area contributed by atoms with Gasteiger partial charge in [0.25, 0.3) is 0 Å². The fourth-order valence-electron chi connectivity index (χ4n) is 2.23. The molecule has 2 aromatic rings. The number of amides is 1. The Hall–Kier alpha value is -1.85. The van der Waals surface area contributed by atoms with E-state index in [0.717, 1.165) is 28.4 Å². The molecular weight excluding hydrogens is 300 g/mol. The van der Waals surface area contributed by atoms with Crippen LogP contribution in [0.1, 0.15) is 17.0 Å². The first kappa shape index (κ1) is 16.5. The van der Waals surface area contributed by atoms with Crippen molar-refractivity contribution in [2.75, 3.05) is 20.1 Å². The van der Waals surface area contributed by atoms with Crippen molar-refractivity contribution in [1.82, 2.24) is 20.4 Å². The Labute approximate surface area is 135 Å². The SMILES string of the molecule is Cc1cc(CN(C)CC(=O)NCCc2cccc(Cl)c2)n[nH]1. The Morgan fingerprint density at radius 2 is 2.23 bits per heavy atom. The van der Waals surface area contributed by atoms with Crippen LogP contribution in [0.25, 0.3) is 0 Å². The lowest BCUT2D eigenvalue weighted by molar-refractivity contribution is -0.122. The van der Waals surface area contributed by atoms with Crippen LogP contribution in [0, 0.1) is 6.92 Å². The number of hydrogen-bond acceptors (Lipinski definition) is 3. The normalized spacial score (nSPS) is 10.9. The van der Waals surface area contributed by atoms with Gasteiger partial charge < -0.3 is 5.32 Å². The van der Waals surface area contributed by atoms with Gasteiger partial charge in [0.1, 0.15) is 0 Å². The summed E-state index contributed by atoms with van der Waals surface area (Å²) in [4.78, 5) is 13.8. The van der Waals surface area contributed by atoms with Crippen LogP contribution in [0.15, 0.2) is 30.3 Å². The minimum atomic E-state index is 0.0109. The zero-order valence-corrected chi connectivity index (χ0v) is 13.7. The lowest BCUT2D eigenvalue weighted by Crippen LogP contribution is -2.35. The van der Waals surface area contributed by atoms with Gasteiger partial charge in [-0.15, -0.1) is 0 Å². The highest BCUT2D eigenvalue weighted by Crippen LogP contribution is 2.10. The molecule has 1 heterocycles. The number of H-pyrrole nitrogens is 1.